The number of hydrogen-bond donors (Lipinski definition) is 1. The van der Waals surface area contributed by atoms with Gasteiger partial charge in [0, 0.05) is 19.3 Å². The SMILES string of the molecule is CC1(C)CC(NCCCOCc2ccco2)CCO1. The number of ether oxygens (including phenoxy) is 2. The predicted molar refractivity (Wildman–Crippen MR) is 74.0 cm³/mol. The van der Waals surface area contributed by atoms with E-state index in [2.05, 4.69) is 19.2 Å². The highest BCUT2D eigenvalue weighted by Crippen LogP contribution is 2.23. The van der Waals surface area contributed by atoms with Crippen molar-refractivity contribution >= 4 is 0 Å². The molecule has 0 saturated carbocycles. The summed E-state index contributed by atoms with van der Waals surface area (Å²) in [5.41, 5.74) is 0.0195. The third-order valence-corrected chi connectivity index (χ3v) is 3.42. The van der Waals surface area contributed by atoms with Gasteiger partial charge in [-0.15, -0.1) is 0 Å². The zero-order chi connectivity index (χ0) is 13.6. The van der Waals surface area contributed by atoms with Crippen LogP contribution in [-0.2, 0) is 16.1 Å². The van der Waals surface area contributed by atoms with Crippen LogP contribution in [0.3, 0.4) is 0 Å². The van der Waals surface area contributed by atoms with E-state index in [-0.39, 0.29) is 5.60 Å². The van der Waals surface area contributed by atoms with E-state index in [1.54, 1.807) is 6.26 Å². The van der Waals surface area contributed by atoms with E-state index in [1.165, 1.54) is 0 Å². The van der Waals surface area contributed by atoms with Crippen LogP contribution in [0.2, 0.25) is 0 Å². The summed E-state index contributed by atoms with van der Waals surface area (Å²) in [5, 5.41) is 3.59. The van der Waals surface area contributed by atoms with Crippen LogP contribution in [0.15, 0.2) is 22.8 Å². The Kier molecular flexibility index (Phi) is 5.43. The summed E-state index contributed by atoms with van der Waals surface area (Å²) in [6, 6.07) is 4.39. The molecule has 0 bridgehead atoms. The summed E-state index contributed by atoms with van der Waals surface area (Å²) in [4.78, 5) is 0. The van der Waals surface area contributed by atoms with Gasteiger partial charge >= 0.3 is 0 Å². The fraction of sp³-hybridized carbons (Fsp3) is 0.733. The molecule has 108 valence electrons. The van der Waals surface area contributed by atoms with Crippen molar-refractivity contribution in [3.05, 3.63) is 24.2 Å². The van der Waals surface area contributed by atoms with Crippen molar-refractivity contribution in [1.82, 2.24) is 5.32 Å². The van der Waals surface area contributed by atoms with Gasteiger partial charge in [0.05, 0.1) is 11.9 Å². The molecule has 4 heteroatoms. The zero-order valence-electron chi connectivity index (χ0n) is 12.0. The van der Waals surface area contributed by atoms with Gasteiger partial charge in [-0.1, -0.05) is 0 Å². The normalized spacial score (nSPS) is 22.5. The maximum Gasteiger partial charge on any atom is 0.129 e. The van der Waals surface area contributed by atoms with Crippen molar-refractivity contribution in [3.8, 4) is 0 Å². The molecule has 1 N–H and O–H groups in total. The molecule has 2 heterocycles. The average molecular weight is 267 g/mol. The molecule has 1 atom stereocenters. The molecule has 1 unspecified atom stereocenters. The maximum atomic E-state index is 5.71. The molecule has 2 rings (SSSR count). The molecule has 4 nitrogen and oxygen atoms in total. The molecule has 1 aromatic rings. The first-order valence-electron chi connectivity index (χ1n) is 7.13. The smallest absolute Gasteiger partial charge is 0.129 e. The second kappa shape index (κ2) is 7.08. The van der Waals surface area contributed by atoms with Crippen LogP contribution in [0, 0.1) is 0 Å². The second-order valence-electron chi connectivity index (χ2n) is 5.74. The Balaban J connectivity index is 1.50. The van der Waals surface area contributed by atoms with Crippen molar-refractivity contribution in [3.63, 3.8) is 0 Å². The van der Waals surface area contributed by atoms with Gasteiger partial charge in [0.15, 0.2) is 0 Å². The first-order chi connectivity index (χ1) is 9.16. The highest BCUT2D eigenvalue weighted by Gasteiger charge is 2.28. The van der Waals surface area contributed by atoms with Crippen LogP contribution >= 0.6 is 0 Å². The standard InChI is InChI=1S/C15H25NO3/c1-15(2)11-13(6-10-19-15)16-7-4-8-17-12-14-5-3-9-18-14/h3,5,9,13,16H,4,6-8,10-12H2,1-2H3. The number of hydrogen-bond acceptors (Lipinski definition) is 4. The molecule has 0 amide bonds. The Hall–Kier alpha value is -0.840. The third-order valence-electron chi connectivity index (χ3n) is 3.42. The first kappa shape index (κ1) is 14.6. The molecule has 1 aromatic heterocycles. The van der Waals surface area contributed by atoms with Crippen molar-refractivity contribution < 1.29 is 13.9 Å². The summed E-state index contributed by atoms with van der Waals surface area (Å²) < 4.78 is 16.5. The zero-order valence-corrected chi connectivity index (χ0v) is 12.0. The number of furan rings is 1. The molecule has 0 aliphatic carbocycles. The van der Waals surface area contributed by atoms with Gasteiger partial charge in [0.2, 0.25) is 0 Å². The summed E-state index contributed by atoms with van der Waals surface area (Å²) in [5.74, 6) is 0.888. The van der Waals surface area contributed by atoms with Crippen molar-refractivity contribution in [1.29, 1.82) is 0 Å². The van der Waals surface area contributed by atoms with E-state index in [9.17, 15) is 0 Å². The minimum absolute atomic E-state index is 0.0195. The topological polar surface area (TPSA) is 43.6 Å². The van der Waals surface area contributed by atoms with E-state index in [4.69, 9.17) is 13.9 Å². The van der Waals surface area contributed by atoms with Gasteiger partial charge in [-0.2, -0.15) is 0 Å². The molecule has 0 spiro atoms. The fourth-order valence-electron chi connectivity index (χ4n) is 2.45. The first-order valence-corrected chi connectivity index (χ1v) is 7.13. The van der Waals surface area contributed by atoms with Gasteiger partial charge < -0.3 is 19.2 Å². The summed E-state index contributed by atoms with van der Waals surface area (Å²) in [6.45, 7) is 7.51. The van der Waals surface area contributed by atoms with Crippen LogP contribution in [0.5, 0.6) is 0 Å². The molecule has 1 fully saturated rings. The van der Waals surface area contributed by atoms with E-state index >= 15 is 0 Å². The van der Waals surface area contributed by atoms with Crippen molar-refractivity contribution in [2.45, 2.75) is 51.4 Å². The Morgan fingerprint density at radius 1 is 1.47 bits per heavy atom. The number of rotatable bonds is 7. The molecule has 1 saturated heterocycles. The van der Waals surface area contributed by atoms with Crippen LogP contribution in [0.4, 0.5) is 0 Å². The number of nitrogens with one attached hydrogen (secondary N) is 1. The lowest BCUT2D eigenvalue weighted by molar-refractivity contribution is -0.0629. The van der Waals surface area contributed by atoms with Crippen molar-refractivity contribution in [2.24, 2.45) is 0 Å². The monoisotopic (exact) mass is 267 g/mol. The molecule has 1 aliphatic rings. The summed E-state index contributed by atoms with van der Waals surface area (Å²) in [6.07, 6.45) is 4.89. The predicted octanol–water partition coefficient (Wildman–Crippen LogP) is 2.73. The van der Waals surface area contributed by atoms with Crippen molar-refractivity contribution in [2.75, 3.05) is 19.8 Å². The second-order valence-corrected chi connectivity index (χ2v) is 5.74. The van der Waals surface area contributed by atoms with E-state index < -0.39 is 0 Å². The Morgan fingerprint density at radius 3 is 3.11 bits per heavy atom. The van der Waals surface area contributed by atoms with Gasteiger partial charge in [-0.25, -0.2) is 0 Å². The Bertz CT molecular complexity index is 348. The van der Waals surface area contributed by atoms with E-state index in [0.29, 0.717) is 12.6 Å². The quantitative estimate of drug-likeness (QED) is 0.771. The summed E-state index contributed by atoms with van der Waals surface area (Å²) in [7, 11) is 0. The van der Waals surface area contributed by atoms with Crippen LogP contribution in [-0.4, -0.2) is 31.4 Å². The van der Waals surface area contributed by atoms with Crippen LogP contribution < -0.4 is 5.32 Å². The minimum atomic E-state index is 0.0195. The fourth-order valence-corrected chi connectivity index (χ4v) is 2.45. The van der Waals surface area contributed by atoms with Crippen LogP contribution in [0.25, 0.3) is 0 Å². The van der Waals surface area contributed by atoms with E-state index in [0.717, 1.165) is 44.8 Å². The van der Waals surface area contributed by atoms with E-state index in [1.807, 2.05) is 12.1 Å². The Morgan fingerprint density at radius 2 is 2.37 bits per heavy atom. The van der Waals surface area contributed by atoms with Gasteiger partial charge in [-0.05, 0) is 51.8 Å². The molecule has 0 radical (unpaired) electrons. The molecule has 19 heavy (non-hydrogen) atoms. The highest BCUT2D eigenvalue weighted by molar-refractivity contribution is 4.95. The van der Waals surface area contributed by atoms with Gasteiger partial charge in [0.25, 0.3) is 0 Å². The maximum absolute atomic E-state index is 5.71. The molecular weight excluding hydrogens is 242 g/mol. The molecule has 0 aromatic carbocycles. The minimum Gasteiger partial charge on any atom is -0.467 e. The largest absolute Gasteiger partial charge is 0.467 e. The van der Waals surface area contributed by atoms with Crippen LogP contribution in [0.1, 0.15) is 38.9 Å². The lowest BCUT2D eigenvalue weighted by atomic mass is 9.94. The van der Waals surface area contributed by atoms with Gasteiger partial charge in [0.1, 0.15) is 12.4 Å². The lowest BCUT2D eigenvalue weighted by Crippen LogP contribution is -2.44. The average Bonchev–Trinajstić information content (AvgIpc) is 2.85. The van der Waals surface area contributed by atoms with Gasteiger partial charge in [-0.3, -0.25) is 0 Å². The Labute approximate surface area is 115 Å². The lowest BCUT2D eigenvalue weighted by Gasteiger charge is -2.36. The third kappa shape index (κ3) is 5.35. The highest BCUT2D eigenvalue weighted by atomic mass is 16.5. The summed E-state index contributed by atoms with van der Waals surface area (Å²) >= 11 is 0. The molecular formula is C15H25NO3. The molecule has 1 aliphatic heterocycles.